The van der Waals surface area contributed by atoms with Crippen LogP contribution in [0.5, 0.6) is 0 Å². The van der Waals surface area contributed by atoms with E-state index in [1.807, 2.05) is 0 Å². The molecule has 0 spiro atoms. The number of carbonyl (C=O) groups is 1. The van der Waals surface area contributed by atoms with Gasteiger partial charge in [0.25, 0.3) is 0 Å². The van der Waals surface area contributed by atoms with Crippen LogP contribution in [0.3, 0.4) is 0 Å². The average Bonchev–Trinajstić information content (AvgIpc) is 2.80. The summed E-state index contributed by atoms with van der Waals surface area (Å²) in [5, 5.41) is 19.3. The summed E-state index contributed by atoms with van der Waals surface area (Å²) < 4.78 is 5.21. The molecule has 94 valence electrons. The van der Waals surface area contributed by atoms with Gasteiger partial charge < -0.3 is 14.6 Å². The van der Waals surface area contributed by atoms with Crippen molar-refractivity contribution in [3.8, 4) is 0 Å². The minimum Gasteiger partial charge on any atom is -0.475 e. The number of hydrogen-bond acceptors (Lipinski definition) is 3. The van der Waals surface area contributed by atoms with Gasteiger partial charge in [0, 0.05) is 0 Å². The number of rotatable bonds is 3. The molecule has 1 heterocycles. The van der Waals surface area contributed by atoms with E-state index in [1.165, 1.54) is 12.5 Å². The molecular weight excluding hydrogens is 220 g/mol. The molecule has 0 saturated heterocycles. The minimum absolute atomic E-state index is 0.115. The van der Waals surface area contributed by atoms with Crippen LogP contribution in [0, 0.1) is 5.92 Å². The van der Waals surface area contributed by atoms with Gasteiger partial charge in [-0.25, -0.2) is 4.79 Å². The van der Waals surface area contributed by atoms with Gasteiger partial charge in [0.05, 0.1) is 0 Å². The number of aromatic carboxylic acids is 1. The summed E-state index contributed by atoms with van der Waals surface area (Å²) in [7, 11) is 0. The van der Waals surface area contributed by atoms with E-state index in [0.717, 1.165) is 25.7 Å². The largest absolute Gasteiger partial charge is 0.475 e. The monoisotopic (exact) mass is 238 g/mol. The molecule has 1 unspecified atom stereocenters. The van der Waals surface area contributed by atoms with Crippen molar-refractivity contribution in [1.82, 2.24) is 0 Å². The summed E-state index contributed by atoms with van der Waals surface area (Å²) in [5.74, 6) is -0.697. The summed E-state index contributed by atoms with van der Waals surface area (Å²) in [4.78, 5) is 10.7. The zero-order valence-corrected chi connectivity index (χ0v) is 9.98. The van der Waals surface area contributed by atoms with E-state index in [4.69, 9.17) is 9.52 Å². The first kappa shape index (κ1) is 12.2. The minimum atomic E-state index is -1.10. The van der Waals surface area contributed by atoms with Gasteiger partial charge >= 0.3 is 5.97 Å². The lowest BCUT2D eigenvalue weighted by Crippen LogP contribution is -2.32. The zero-order valence-electron chi connectivity index (χ0n) is 9.98. The van der Waals surface area contributed by atoms with E-state index in [0.29, 0.717) is 5.76 Å². The molecule has 4 nitrogen and oxygen atoms in total. The molecule has 17 heavy (non-hydrogen) atoms. The number of furan rings is 1. The van der Waals surface area contributed by atoms with Gasteiger partial charge in [-0.15, -0.1) is 0 Å². The summed E-state index contributed by atoms with van der Waals surface area (Å²) >= 11 is 0. The maximum atomic E-state index is 10.7. The van der Waals surface area contributed by atoms with Gasteiger partial charge in [-0.2, -0.15) is 0 Å². The quantitative estimate of drug-likeness (QED) is 0.849. The lowest BCUT2D eigenvalue weighted by molar-refractivity contribution is -0.0396. The van der Waals surface area contributed by atoms with Gasteiger partial charge in [-0.3, -0.25) is 0 Å². The van der Waals surface area contributed by atoms with E-state index < -0.39 is 11.6 Å². The molecule has 0 aliphatic heterocycles. The molecule has 1 aromatic heterocycles. The average molecular weight is 238 g/mol. The predicted octanol–water partition coefficient (Wildman–Crippen LogP) is 2.77. The lowest BCUT2D eigenvalue weighted by Gasteiger charge is -2.33. The summed E-state index contributed by atoms with van der Waals surface area (Å²) in [6.45, 7) is 1.72. The first-order chi connectivity index (χ1) is 8.01. The van der Waals surface area contributed by atoms with Crippen molar-refractivity contribution in [3.05, 3.63) is 23.7 Å². The third-order valence-corrected chi connectivity index (χ3v) is 3.72. The zero-order chi connectivity index (χ0) is 12.5. The first-order valence-electron chi connectivity index (χ1n) is 6.08. The third-order valence-electron chi connectivity index (χ3n) is 3.72. The molecule has 1 aromatic rings. The van der Waals surface area contributed by atoms with Crippen LogP contribution >= 0.6 is 0 Å². The number of hydrogen-bond donors (Lipinski definition) is 2. The lowest BCUT2D eigenvalue weighted by atomic mass is 9.77. The highest BCUT2D eigenvalue weighted by Crippen LogP contribution is 2.39. The standard InChI is InChI=1S/C13H18O4/c1-13(16,9-5-3-2-4-6-9)11-8-7-10(17-11)12(14)15/h7-9,16H,2-6H2,1H3,(H,14,15). The Morgan fingerprint density at radius 3 is 2.53 bits per heavy atom. The summed E-state index contributed by atoms with van der Waals surface area (Å²) in [6, 6.07) is 2.97. The van der Waals surface area contributed by atoms with Crippen molar-refractivity contribution in [3.63, 3.8) is 0 Å². The van der Waals surface area contributed by atoms with Crippen molar-refractivity contribution < 1.29 is 19.4 Å². The van der Waals surface area contributed by atoms with E-state index >= 15 is 0 Å². The molecule has 1 saturated carbocycles. The van der Waals surface area contributed by atoms with Crippen LogP contribution in [0.2, 0.25) is 0 Å². The van der Waals surface area contributed by atoms with Crippen molar-refractivity contribution in [2.75, 3.05) is 0 Å². The smallest absolute Gasteiger partial charge is 0.371 e. The molecule has 4 heteroatoms. The Kier molecular flexibility index (Phi) is 3.24. The highest BCUT2D eigenvalue weighted by atomic mass is 16.4. The van der Waals surface area contributed by atoms with Crippen molar-refractivity contribution in [2.24, 2.45) is 5.92 Å². The molecule has 2 rings (SSSR count). The molecule has 2 N–H and O–H groups in total. The first-order valence-corrected chi connectivity index (χ1v) is 6.08. The van der Waals surface area contributed by atoms with E-state index in [2.05, 4.69) is 0 Å². The van der Waals surface area contributed by atoms with Gasteiger partial charge in [-0.05, 0) is 37.8 Å². The molecule has 1 fully saturated rings. The number of carboxylic acids is 1. The SMILES string of the molecule is CC(O)(c1ccc(C(=O)O)o1)C1CCCCC1. The second-order valence-corrected chi connectivity index (χ2v) is 4.95. The fourth-order valence-corrected chi connectivity index (χ4v) is 2.59. The van der Waals surface area contributed by atoms with Crippen molar-refractivity contribution in [1.29, 1.82) is 0 Å². The van der Waals surface area contributed by atoms with Crippen LogP contribution in [-0.4, -0.2) is 16.2 Å². The molecule has 1 aliphatic rings. The Morgan fingerprint density at radius 1 is 1.35 bits per heavy atom. The van der Waals surface area contributed by atoms with E-state index in [1.54, 1.807) is 13.0 Å². The Bertz CT molecular complexity index is 399. The van der Waals surface area contributed by atoms with Crippen LogP contribution in [-0.2, 0) is 5.60 Å². The van der Waals surface area contributed by atoms with Gasteiger partial charge in [0.1, 0.15) is 11.4 Å². The van der Waals surface area contributed by atoms with Gasteiger partial charge in [0.15, 0.2) is 0 Å². The number of aliphatic hydroxyl groups is 1. The van der Waals surface area contributed by atoms with Crippen LogP contribution in [0.15, 0.2) is 16.5 Å². The highest BCUT2D eigenvalue weighted by Gasteiger charge is 2.37. The Labute approximate surface area is 100 Å². The molecule has 0 aromatic carbocycles. The van der Waals surface area contributed by atoms with E-state index in [-0.39, 0.29) is 11.7 Å². The highest BCUT2D eigenvalue weighted by molar-refractivity contribution is 5.84. The topological polar surface area (TPSA) is 70.7 Å². The maximum Gasteiger partial charge on any atom is 0.371 e. The fraction of sp³-hybridized carbons (Fsp3) is 0.615. The van der Waals surface area contributed by atoms with Crippen LogP contribution < -0.4 is 0 Å². The number of carboxylic acid groups (broad SMARTS) is 1. The van der Waals surface area contributed by atoms with Crippen LogP contribution in [0.1, 0.15) is 55.3 Å². The molecule has 1 atom stereocenters. The predicted molar refractivity (Wildman–Crippen MR) is 61.8 cm³/mol. The Hall–Kier alpha value is -1.29. The van der Waals surface area contributed by atoms with Gasteiger partial charge in [0.2, 0.25) is 5.76 Å². The Morgan fingerprint density at radius 2 is 2.00 bits per heavy atom. The van der Waals surface area contributed by atoms with Crippen LogP contribution in [0.25, 0.3) is 0 Å². The second-order valence-electron chi connectivity index (χ2n) is 4.95. The maximum absolute atomic E-state index is 10.7. The molecule has 0 bridgehead atoms. The van der Waals surface area contributed by atoms with Crippen molar-refractivity contribution >= 4 is 5.97 Å². The third kappa shape index (κ3) is 2.36. The van der Waals surface area contributed by atoms with Crippen LogP contribution in [0.4, 0.5) is 0 Å². The van der Waals surface area contributed by atoms with Gasteiger partial charge in [-0.1, -0.05) is 19.3 Å². The van der Waals surface area contributed by atoms with Crippen molar-refractivity contribution in [2.45, 2.75) is 44.6 Å². The molecule has 0 radical (unpaired) electrons. The molecule has 0 amide bonds. The van der Waals surface area contributed by atoms with E-state index in [9.17, 15) is 9.90 Å². The fourth-order valence-electron chi connectivity index (χ4n) is 2.59. The summed E-state index contributed by atoms with van der Waals surface area (Å²) in [5.41, 5.74) is -1.06. The Balaban J connectivity index is 2.20. The molecule has 1 aliphatic carbocycles. The normalized spacial score (nSPS) is 21.1. The summed E-state index contributed by atoms with van der Waals surface area (Å²) in [6.07, 6.45) is 5.39. The molecular formula is C13H18O4. The second kappa shape index (κ2) is 4.53.